The Morgan fingerprint density at radius 3 is 2.74 bits per heavy atom. The molecule has 102 valence electrons. The smallest absolute Gasteiger partial charge is 0.408 e. The van der Waals surface area contributed by atoms with E-state index >= 15 is 0 Å². The van der Waals surface area contributed by atoms with Crippen LogP contribution in [0, 0.1) is 11.8 Å². The molecule has 0 heterocycles. The normalized spacial score (nSPS) is 10.4. The van der Waals surface area contributed by atoms with Gasteiger partial charge in [-0.15, -0.1) is 0 Å². The summed E-state index contributed by atoms with van der Waals surface area (Å²) in [5, 5.41) is 3.12. The Morgan fingerprint density at radius 1 is 1.47 bits per heavy atom. The molecule has 0 aliphatic rings. The molecule has 0 unspecified atom stereocenters. The van der Waals surface area contributed by atoms with Crippen LogP contribution in [0.15, 0.2) is 22.7 Å². The topological polar surface area (TPSA) is 38.3 Å². The first-order chi connectivity index (χ1) is 8.78. The van der Waals surface area contributed by atoms with Gasteiger partial charge in [0.2, 0.25) is 0 Å². The summed E-state index contributed by atoms with van der Waals surface area (Å²) in [6.07, 6.45) is -0.483. The van der Waals surface area contributed by atoms with Crippen LogP contribution >= 0.6 is 27.5 Å². The first-order valence-electron chi connectivity index (χ1n) is 5.69. The lowest BCUT2D eigenvalue weighted by molar-refractivity contribution is 0.0535. The third kappa shape index (κ3) is 6.51. The van der Waals surface area contributed by atoms with E-state index in [0.717, 1.165) is 10.0 Å². The van der Waals surface area contributed by atoms with Crippen molar-refractivity contribution in [1.29, 1.82) is 0 Å². The van der Waals surface area contributed by atoms with E-state index in [9.17, 15) is 4.79 Å². The predicted molar refractivity (Wildman–Crippen MR) is 80.3 cm³/mol. The number of halogens is 2. The van der Waals surface area contributed by atoms with Crippen LogP contribution < -0.4 is 5.32 Å². The third-order valence-electron chi connectivity index (χ3n) is 1.87. The van der Waals surface area contributed by atoms with Gasteiger partial charge in [-0.1, -0.05) is 39.4 Å². The summed E-state index contributed by atoms with van der Waals surface area (Å²) in [5.74, 6) is 5.70. The minimum absolute atomic E-state index is 0.210. The number of carbonyl (C=O) groups excluding carboxylic acids is 1. The molecular weight excluding hydrogens is 330 g/mol. The van der Waals surface area contributed by atoms with Crippen molar-refractivity contribution in [3.05, 3.63) is 33.3 Å². The number of hydrogen-bond donors (Lipinski definition) is 1. The fraction of sp³-hybridized carbons (Fsp3) is 0.357. The van der Waals surface area contributed by atoms with Gasteiger partial charge in [0.25, 0.3) is 0 Å². The lowest BCUT2D eigenvalue weighted by atomic mass is 10.2. The Morgan fingerprint density at radius 2 is 2.16 bits per heavy atom. The number of amides is 1. The van der Waals surface area contributed by atoms with Gasteiger partial charge >= 0.3 is 6.09 Å². The predicted octanol–water partition coefficient (Wildman–Crippen LogP) is 3.98. The second-order valence-electron chi connectivity index (χ2n) is 4.78. The van der Waals surface area contributed by atoms with E-state index < -0.39 is 11.7 Å². The van der Waals surface area contributed by atoms with Gasteiger partial charge in [0.1, 0.15) is 5.60 Å². The molecule has 0 aliphatic carbocycles. The number of carbonyl (C=O) groups is 1. The van der Waals surface area contributed by atoms with Gasteiger partial charge in [-0.25, -0.2) is 4.79 Å². The van der Waals surface area contributed by atoms with Crippen molar-refractivity contribution < 1.29 is 9.53 Å². The van der Waals surface area contributed by atoms with Gasteiger partial charge in [-0.05, 0) is 39.0 Å². The lowest BCUT2D eigenvalue weighted by Gasteiger charge is -2.18. The summed E-state index contributed by atoms with van der Waals surface area (Å²) in [6, 6.07) is 5.44. The summed E-state index contributed by atoms with van der Waals surface area (Å²) in [6.45, 7) is 5.63. The summed E-state index contributed by atoms with van der Waals surface area (Å²) in [5.41, 5.74) is 0.211. The molecule has 0 aliphatic heterocycles. The fourth-order valence-electron chi connectivity index (χ4n) is 1.16. The second-order valence-corrected chi connectivity index (χ2v) is 6.10. The molecule has 1 aromatic carbocycles. The fourth-order valence-corrected chi connectivity index (χ4v) is 1.88. The van der Waals surface area contributed by atoms with Crippen molar-refractivity contribution >= 4 is 33.6 Å². The van der Waals surface area contributed by atoms with E-state index in [1.165, 1.54) is 0 Å². The number of alkyl carbamates (subject to hydrolysis) is 1. The number of hydrogen-bond acceptors (Lipinski definition) is 2. The maximum atomic E-state index is 11.3. The number of ether oxygens (including phenoxy) is 1. The SMILES string of the molecule is CC(C)(C)OC(=O)NCC#Cc1ccc(Br)cc1Cl. The number of rotatable bonds is 1. The molecule has 3 nitrogen and oxygen atoms in total. The molecule has 19 heavy (non-hydrogen) atoms. The van der Waals surface area contributed by atoms with Crippen LogP contribution in [0.2, 0.25) is 5.02 Å². The minimum atomic E-state index is -0.507. The zero-order valence-electron chi connectivity index (χ0n) is 11.0. The van der Waals surface area contributed by atoms with E-state index in [1.807, 2.05) is 12.1 Å². The van der Waals surface area contributed by atoms with Crippen molar-refractivity contribution in [3.8, 4) is 11.8 Å². The van der Waals surface area contributed by atoms with Crippen LogP contribution in [0.1, 0.15) is 26.3 Å². The highest BCUT2D eigenvalue weighted by molar-refractivity contribution is 9.10. The Balaban J connectivity index is 2.50. The van der Waals surface area contributed by atoms with E-state index in [4.69, 9.17) is 16.3 Å². The average molecular weight is 345 g/mol. The largest absolute Gasteiger partial charge is 0.444 e. The Hall–Kier alpha value is -1.18. The molecule has 1 N–H and O–H groups in total. The molecule has 1 aromatic rings. The van der Waals surface area contributed by atoms with Gasteiger partial charge in [-0.3, -0.25) is 0 Å². The van der Waals surface area contributed by atoms with Gasteiger partial charge in [-0.2, -0.15) is 0 Å². The molecule has 0 saturated heterocycles. The van der Waals surface area contributed by atoms with Gasteiger partial charge in [0.15, 0.2) is 0 Å². The van der Waals surface area contributed by atoms with Gasteiger partial charge in [0, 0.05) is 10.0 Å². The van der Waals surface area contributed by atoms with Crippen molar-refractivity contribution in [3.63, 3.8) is 0 Å². The first-order valence-corrected chi connectivity index (χ1v) is 6.86. The maximum absolute atomic E-state index is 11.3. The van der Waals surface area contributed by atoms with Crippen molar-refractivity contribution in [2.24, 2.45) is 0 Å². The van der Waals surface area contributed by atoms with Crippen LogP contribution in [-0.2, 0) is 4.74 Å². The van der Waals surface area contributed by atoms with Crippen LogP contribution in [-0.4, -0.2) is 18.2 Å². The summed E-state index contributed by atoms with van der Waals surface area (Å²) >= 11 is 9.33. The highest BCUT2D eigenvalue weighted by Gasteiger charge is 2.14. The minimum Gasteiger partial charge on any atom is -0.444 e. The monoisotopic (exact) mass is 343 g/mol. The molecular formula is C14H15BrClNO2. The molecule has 0 spiro atoms. The molecule has 1 rings (SSSR count). The van der Waals surface area contributed by atoms with Crippen LogP contribution in [0.4, 0.5) is 4.79 Å². The highest BCUT2D eigenvalue weighted by atomic mass is 79.9. The van der Waals surface area contributed by atoms with E-state index in [1.54, 1.807) is 26.8 Å². The molecule has 0 fully saturated rings. The maximum Gasteiger partial charge on any atom is 0.408 e. The van der Waals surface area contributed by atoms with Crippen LogP contribution in [0.25, 0.3) is 0 Å². The zero-order chi connectivity index (χ0) is 14.5. The second kappa shape index (κ2) is 6.83. The molecule has 0 atom stereocenters. The molecule has 0 aromatic heterocycles. The molecule has 0 radical (unpaired) electrons. The first kappa shape index (κ1) is 15.9. The third-order valence-corrected chi connectivity index (χ3v) is 2.68. The average Bonchev–Trinajstić information content (AvgIpc) is 2.24. The van der Waals surface area contributed by atoms with Crippen molar-refractivity contribution in [2.45, 2.75) is 26.4 Å². The Kier molecular flexibility index (Phi) is 5.71. The molecule has 5 heteroatoms. The van der Waals surface area contributed by atoms with Crippen molar-refractivity contribution in [1.82, 2.24) is 5.32 Å². The van der Waals surface area contributed by atoms with E-state index in [0.29, 0.717) is 5.02 Å². The van der Waals surface area contributed by atoms with Gasteiger partial charge in [0.05, 0.1) is 11.6 Å². The van der Waals surface area contributed by atoms with Gasteiger partial charge < -0.3 is 10.1 Å². The number of nitrogens with one attached hydrogen (secondary N) is 1. The van der Waals surface area contributed by atoms with Crippen LogP contribution in [0.5, 0.6) is 0 Å². The standard InChI is InChI=1S/C14H15BrClNO2/c1-14(2,3)19-13(18)17-8-4-5-10-6-7-11(15)9-12(10)16/h6-7,9H,8H2,1-3H3,(H,17,18). The highest BCUT2D eigenvalue weighted by Crippen LogP contribution is 2.20. The molecule has 0 saturated carbocycles. The summed E-state index contributed by atoms with van der Waals surface area (Å²) in [7, 11) is 0. The molecule has 0 bridgehead atoms. The molecule has 1 amide bonds. The quantitative estimate of drug-likeness (QED) is 0.783. The summed E-state index contributed by atoms with van der Waals surface area (Å²) in [4.78, 5) is 11.3. The zero-order valence-corrected chi connectivity index (χ0v) is 13.4. The Bertz CT molecular complexity index is 526. The summed E-state index contributed by atoms with van der Waals surface area (Å²) < 4.78 is 5.98. The van der Waals surface area contributed by atoms with Crippen molar-refractivity contribution in [2.75, 3.05) is 6.54 Å². The Labute approximate surface area is 126 Å². The lowest BCUT2D eigenvalue weighted by Crippen LogP contribution is -2.32. The number of benzene rings is 1. The van der Waals surface area contributed by atoms with Crippen LogP contribution in [0.3, 0.4) is 0 Å². The van der Waals surface area contributed by atoms with E-state index in [-0.39, 0.29) is 6.54 Å². The van der Waals surface area contributed by atoms with E-state index in [2.05, 4.69) is 33.1 Å².